The molecule has 0 saturated carbocycles. The van der Waals surface area contributed by atoms with E-state index in [0.717, 1.165) is 30.6 Å². The summed E-state index contributed by atoms with van der Waals surface area (Å²) in [6.07, 6.45) is 3.56. The molecule has 0 saturated heterocycles. The van der Waals surface area contributed by atoms with Gasteiger partial charge in [0.05, 0.1) is 18.8 Å². The zero-order chi connectivity index (χ0) is 23.6. The third kappa shape index (κ3) is 6.78. The van der Waals surface area contributed by atoms with E-state index >= 15 is 0 Å². The quantitative estimate of drug-likeness (QED) is 0.278. The number of ketones is 1. The smallest absolute Gasteiger partial charge is 0.204 e. The lowest BCUT2D eigenvalue weighted by molar-refractivity contribution is 0.0965. The number of carbonyl (C=O) groups is 1. The average molecular weight is 453 g/mol. The lowest BCUT2D eigenvalue weighted by Crippen LogP contribution is -2.07. The molecule has 0 fully saturated rings. The summed E-state index contributed by atoms with van der Waals surface area (Å²) < 4.78 is 11.7. The first-order chi connectivity index (χ1) is 16.0. The molecule has 0 aliphatic carbocycles. The van der Waals surface area contributed by atoms with E-state index in [1.165, 1.54) is 0 Å². The summed E-state index contributed by atoms with van der Waals surface area (Å²) in [5.41, 5.74) is 1.97. The van der Waals surface area contributed by atoms with Crippen LogP contribution in [0.4, 0.5) is 0 Å². The van der Waals surface area contributed by atoms with Gasteiger partial charge in [-0.15, -0.1) is 10.2 Å². The second-order valence-corrected chi connectivity index (χ2v) is 8.37. The Morgan fingerprint density at radius 2 is 1.79 bits per heavy atom. The molecule has 0 aliphatic rings. The van der Waals surface area contributed by atoms with E-state index in [4.69, 9.17) is 9.47 Å². The predicted molar refractivity (Wildman–Crippen MR) is 126 cm³/mol. The van der Waals surface area contributed by atoms with Crippen molar-refractivity contribution in [2.24, 2.45) is 5.92 Å². The monoisotopic (exact) mass is 452 g/mol. The molecule has 0 radical (unpaired) electrons. The van der Waals surface area contributed by atoms with E-state index in [2.05, 4.69) is 20.6 Å². The summed E-state index contributed by atoms with van der Waals surface area (Å²) in [7, 11) is 0. The van der Waals surface area contributed by atoms with Crippen LogP contribution in [0.5, 0.6) is 17.2 Å². The van der Waals surface area contributed by atoms with Gasteiger partial charge in [0.15, 0.2) is 5.78 Å². The lowest BCUT2D eigenvalue weighted by atomic mass is 9.96. The Morgan fingerprint density at radius 1 is 1.06 bits per heavy atom. The van der Waals surface area contributed by atoms with Crippen molar-refractivity contribution in [1.82, 2.24) is 20.6 Å². The van der Waals surface area contributed by atoms with Gasteiger partial charge in [-0.05, 0) is 66.8 Å². The fourth-order valence-corrected chi connectivity index (χ4v) is 3.51. The molecular weight excluding hydrogens is 420 g/mol. The van der Waals surface area contributed by atoms with Crippen LogP contribution in [-0.2, 0) is 6.42 Å². The van der Waals surface area contributed by atoms with Gasteiger partial charge < -0.3 is 14.6 Å². The molecule has 2 aromatic carbocycles. The average Bonchev–Trinajstić information content (AvgIpc) is 3.33. The number of ether oxygens (including phenoxy) is 2. The van der Waals surface area contributed by atoms with Gasteiger partial charge in [0, 0.05) is 17.5 Å². The molecule has 33 heavy (non-hydrogen) atoms. The zero-order valence-corrected chi connectivity index (χ0v) is 19.5. The van der Waals surface area contributed by atoms with Crippen molar-refractivity contribution in [2.75, 3.05) is 13.2 Å². The Bertz CT molecular complexity index is 1020. The first-order valence-electron chi connectivity index (χ1n) is 11.5. The van der Waals surface area contributed by atoms with Crippen molar-refractivity contribution < 1.29 is 19.4 Å². The second-order valence-electron chi connectivity index (χ2n) is 8.37. The lowest BCUT2D eigenvalue weighted by Gasteiger charge is -2.16. The fourth-order valence-electron chi connectivity index (χ4n) is 3.51. The standard InChI is InChI=1S/C25H32N4O4/c1-4-7-21-23(13-12-20(24(21)31)22(30)16-17(2)3)33-15-6-5-14-32-19-10-8-18(9-11-19)25-26-28-29-27-25/h8-13,17,31H,4-7,14-16H2,1-3H3,(H,26,27,28,29). The Labute approximate surface area is 194 Å². The molecule has 3 aromatic rings. The van der Waals surface area contributed by atoms with Crippen molar-refractivity contribution in [3.63, 3.8) is 0 Å². The fraction of sp³-hybridized carbons (Fsp3) is 0.440. The Morgan fingerprint density at radius 3 is 2.42 bits per heavy atom. The van der Waals surface area contributed by atoms with Crippen molar-refractivity contribution in [2.45, 2.75) is 52.9 Å². The molecule has 3 rings (SSSR count). The van der Waals surface area contributed by atoms with Crippen LogP contribution in [0.3, 0.4) is 0 Å². The SMILES string of the molecule is CCCc1c(OCCCCOc2ccc(-c3nn[nH]n3)cc2)ccc(C(=O)CC(C)C)c1O. The maximum Gasteiger partial charge on any atom is 0.204 e. The van der Waals surface area contributed by atoms with Gasteiger partial charge in [0.2, 0.25) is 5.82 Å². The Balaban J connectivity index is 1.47. The largest absolute Gasteiger partial charge is 0.507 e. The number of unbranched alkanes of at least 4 members (excludes halogenated alkanes) is 1. The van der Waals surface area contributed by atoms with Gasteiger partial charge in [-0.25, -0.2) is 0 Å². The minimum atomic E-state index is -0.0334. The number of nitrogens with zero attached hydrogens (tertiary/aromatic N) is 3. The summed E-state index contributed by atoms with van der Waals surface area (Å²) in [6.45, 7) is 7.11. The predicted octanol–water partition coefficient (Wildman–Crippen LogP) is 4.99. The highest BCUT2D eigenvalue weighted by molar-refractivity contribution is 5.99. The summed E-state index contributed by atoms with van der Waals surface area (Å²) in [5.74, 6) is 2.24. The van der Waals surface area contributed by atoms with E-state index in [9.17, 15) is 9.90 Å². The molecule has 0 spiro atoms. The van der Waals surface area contributed by atoms with Crippen LogP contribution in [0.25, 0.3) is 11.4 Å². The van der Waals surface area contributed by atoms with E-state index in [1.54, 1.807) is 12.1 Å². The van der Waals surface area contributed by atoms with Crippen LogP contribution < -0.4 is 9.47 Å². The molecule has 176 valence electrons. The number of hydrogen-bond donors (Lipinski definition) is 2. The van der Waals surface area contributed by atoms with Crippen molar-refractivity contribution in [3.8, 4) is 28.6 Å². The zero-order valence-electron chi connectivity index (χ0n) is 19.5. The highest BCUT2D eigenvalue weighted by atomic mass is 16.5. The normalized spacial score (nSPS) is 11.0. The summed E-state index contributed by atoms with van der Waals surface area (Å²) in [4.78, 5) is 12.4. The highest BCUT2D eigenvalue weighted by Gasteiger charge is 2.19. The molecule has 1 aromatic heterocycles. The van der Waals surface area contributed by atoms with E-state index in [1.807, 2.05) is 45.0 Å². The van der Waals surface area contributed by atoms with E-state index < -0.39 is 0 Å². The number of hydrogen-bond acceptors (Lipinski definition) is 7. The van der Waals surface area contributed by atoms with E-state index in [0.29, 0.717) is 48.8 Å². The van der Waals surface area contributed by atoms with Gasteiger partial charge in [-0.2, -0.15) is 5.21 Å². The first kappa shape index (κ1) is 24.2. The number of nitrogens with one attached hydrogen (secondary N) is 1. The van der Waals surface area contributed by atoms with Crippen LogP contribution in [0.15, 0.2) is 36.4 Å². The third-order valence-corrected chi connectivity index (χ3v) is 5.16. The van der Waals surface area contributed by atoms with Crippen molar-refractivity contribution >= 4 is 5.78 Å². The minimum Gasteiger partial charge on any atom is -0.507 e. The van der Waals surface area contributed by atoms with Gasteiger partial charge in [-0.1, -0.05) is 27.2 Å². The van der Waals surface area contributed by atoms with Gasteiger partial charge >= 0.3 is 0 Å². The number of benzene rings is 2. The van der Waals surface area contributed by atoms with Gasteiger partial charge in [0.25, 0.3) is 0 Å². The molecule has 2 N–H and O–H groups in total. The minimum absolute atomic E-state index is 0.0334. The second kappa shape index (κ2) is 12.0. The molecule has 0 unspecified atom stereocenters. The number of phenolic OH excluding ortho intramolecular Hbond substituents is 1. The molecular formula is C25H32N4O4. The number of tetrazole rings is 1. The van der Waals surface area contributed by atoms with Crippen LogP contribution >= 0.6 is 0 Å². The summed E-state index contributed by atoms with van der Waals surface area (Å²) in [6, 6.07) is 11.0. The van der Waals surface area contributed by atoms with Crippen molar-refractivity contribution in [1.29, 1.82) is 0 Å². The summed E-state index contributed by atoms with van der Waals surface area (Å²) in [5, 5.41) is 24.6. The van der Waals surface area contributed by atoms with Crippen molar-refractivity contribution in [3.05, 3.63) is 47.5 Å². The Kier molecular flexibility index (Phi) is 8.80. The number of phenols is 1. The molecule has 8 heteroatoms. The van der Waals surface area contributed by atoms with Crippen LogP contribution in [0.2, 0.25) is 0 Å². The molecule has 8 nitrogen and oxygen atoms in total. The van der Waals surface area contributed by atoms with Gasteiger partial charge in [-0.3, -0.25) is 4.79 Å². The highest BCUT2D eigenvalue weighted by Crippen LogP contribution is 2.34. The molecule has 1 heterocycles. The number of aromatic hydroxyl groups is 1. The van der Waals surface area contributed by atoms with Gasteiger partial charge in [0.1, 0.15) is 17.2 Å². The van der Waals surface area contributed by atoms with Crippen LogP contribution in [0.1, 0.15) is 62.4 Å². The van der Waals surface area contributed by atoms with Crippen LogP contribution in [0, 0.1) is 5.92 Å². The third-order valence-electron chi connectivity index (χ3n) is 5.16. The number of aromatic amines is 1. The van der Waals surface area contributed by atoms with Crippen LogP contribution in [-0.4, -0.2) is 44.7 Å². The molecule has 0 bridgehead atoms. The number of carbonyl (C=O) groups excluding carboxylic acids is 1. The Hall–Kier alpha value is -3.42. The molecule has 0 atom stereocenters. The molecule has 0 aliphatic heterocycles. The first-order valence-corrected chi connectivity index (χ1v) is 11.5. The maximum atomic E-state index is 12.4. The molecule has 0 amide bonds. The number of rotatable bonds is 13. The number of H-pyrrole nitrogens is 1. The summed E-state index contributed by atoms with van der Waals surface area (Å²) >= 11 is 0. The number of Topliss-reactive ketones (excluding diaryl/α,β-unsaturated/α-hetero) is 1. The van der Waals surface area contributed by atoms with E-state index in [-0.39, 0.29) is 17.5 Å². The topological polar surface area (TPSA) is 110 Å². The maximum absolute atomic E-state index is 12.4. The number of aromatic nitrogens is 4.